The molecule has 1 aromatic heterocycles. The molecule has 1 aromatic rings. The molecule has 3 nitrogen and oxygen atoms in total. The van der Waals surface area contributed by atoms with Gasteiger partial charge in [0.05, 0.1) is 13.5 Å². The maximum Gasteiger partial charge on any atom is 0.306 e. The van der Waals surface area contributed by atoms with Crippen LogP contribution in [0.2, 0.25) is 0 Å². The zero-order valence-electron chi connectivity index (χ0n) is 7.86. The molecule has 0 aliphatic carbocycles. The topological polar surface area (TPSA) is 39.2 Å². The number of carbonyl (C=O) groups is 1. The van der Waals surface area contributed by atoms with Gasteiger partial charge in [0.25, 0.3) is 0 Å². The van der Waals surface area contributed by atoms with Crippen molar-refractivity contribution < 1.29 is 9.53 Å². The van der Waals surface area contributed by atoms with E-state index in [0.29, 0.717) is 6.42 Å². The minimum atomic E-state index is -0.196. The molecule has 13 heavy (non-hydrogen) atoms. The first kappa shape index (κ1) is 9.71. The lowest BCUT2D eigenvalue weighted by molar-refractivity contribution is -0.141. The highest BCUT2D eigenvalue weighted by molar-refractivity contribution is 5.70. The number of methoxy groups -OCH3 is 1. The molecule has 0 saturated carbocycles. The van der Waals surface area contributed by atoms with Gasteiger partial charge in [-0.3, -0.25) is 9.78 Å². The molecule has 0 radical (unpaired) electrons. The SMILES string of the molecule is COC(=O)C[C@H](C)c1ccccn1. The summed E-state index contributed by atoms with van der Waals surface area (Å²) in [5.74, 6) is -0.0770. The molecule has 0 bridgehead atoms. The Hall–Kier alpha value is -1.38. The minimum Gasteiger partial charge on any atom is -0.469 e. The van der Waals surface area contributed by atoms with Crippen molar-refractivity contribution >= 4 is 5.97 Å². The molecule has 1 heterocycles. The van der Waals surface area contributed by atoms with E-state index < -0.39 is 0 Å². The van der Waals surface area contributed by atoms with Crippen LogP contribution in [0, 0.1) is 0 Å². The quantitative estimate of drug-likeness (QED) is 0.663. The van der Waals surface area contributed by atoms with Crippen LogP contribution >= 0.6 is 0 Å². The van der Waals surface area contributed by atoms with Crippen LogP contribution in [0.15, 0.2) is 24.4 Å². The van der Waals surface area contributed by atoms with E-state index in [1.165, 1.54) is 7.11 Å². The summed E-state index contributed by atoms with van der Waals surface area (Å²) < 4.78 is 4.58. The van der Waals surface area contributed by atoms with E-state index in [0.717, 1.165) is 5.69 Å². The lowest BCUT2D eigenvalue weighted by Crippen LogP contribution is -2.06. The maximum atomic E-state index is 10.9. The minimum absolute atomic E-state index is 0.119. The number of aromatic nitrogens is 1. The van der Waals surface area contributed by atoms with E-state index >= 15 is 0 Å². The van der Waals surface area contributed by atoms with Crippen LogP contribution in [0.4, 0.5) is 0 Å². The second-order valence-electron chi connectivity index (χ2n) is 2.94. The Kier molecular flexibility index (Phi) is 3.43. The second-order valence-corrected chi connectivity index (χ2v) is 2.94. The fourth-order valence-electron chi connectivity index (χ4n) is 1.11. The Morgan fingerprint density at radius 1 is 1.62 bits per heavy atom. The summed E-state index contributed by atoms with van der Waals surface area (Å²) in [7, 11) is 1.40. The Morgan fingerprint density at radius 2 is 2.38 bits per heavy atom. The van der Waals surface area contributed by atoms with Crippen molar-refractivity contribution in [3.63, 3.8) is 0 Å². The third-order valence-electron chi connectivity index (χ3n) is 1.89. The fourth-order valence-corrected chi connectivity index (χ4v) is 1.11. The van der Waals surface area contributed by atoms with Crippen LogP contribution in [-0.4, -0.2) is 18.1 Å². The normalized spacial score (nSPS) is 12.2. The predicted molar refractivity (Wildman–Crippen MR) is 49.3 cm³/mol. The van der Waals surface area contributed by atoms with Gasteiger partial charge in [-0.2, -0.15) is 0 Å². The molecule has 0 amide bonds. The lowest BCUT2D eigenvalue weighted by Gasteiger charge is -2.08. The first-order chi connectivity index (χ1) is 6.24. The molecule has 0 unspecified atom stereocenters. The zero-order valence-corrected chi connectivity index (χ0v) is 7.86. The van der Waals surface area contributed by atoms with Crippen molar-refractivity contribution in [2.24, 2.45) is 0 Å². The predicted octanol–water partition coefficient (Wildman–Crippen LogP) is 1.75. The van der Waals surface area contributed by atoms with Gasteiger partial charge in [-0.05, 0) is 12.1 Å². The van der Waals surface area contributed by atoms with Gasteiger partial charge >= 0.3 is 5.97 Å². The second kappa shape index (κ2) is 4.60. The van der Waals surface area contributed by atoms with E-state index in [1.54, 1.807) is 6.20 Å². The Morgan fingerprint density at radius 3 is 2.92 bits per heavy atom. The maximum absolute atomic E-state index is 10.9. The van der Waals surface area contributed by atoms with Crippen molar-refractivity contribution in [2.45, 2.75) is 19.3 Å². The first-order valence-electron chi connectivity index (χ1n) is 4.21. The molecule has 0 N–H and O–H groups in total. The fraction of sp³-hybridized carbons (Fsp3) is 0.400. The average molecular weight is 179 g/mol. The molecule has 0 aliphatic rings. The molecule has 0 saturated heterocycles. The summed E-state index contributed by atoms with van der Waals surface area (Å²) in [6, 6.07) is 5.68. The van der Waals surface area contributed by atoms with Crippen molar-refractivity contribution in [1.82, 2.24) is 4.98 Å². The lowest BCUT2D eigenvalue weighted by atomic mass is 10.0. The largest absolute Gasteiger partial charge is 0.469 e. The number of rotatable bonds is 3. The van der Waals surface area contributed by atoms with Gasteiger partial charge < -0.3 is 4.74 Å². The van der Waals surface area contributed by atoms with Crippen molar-refractivity contribution in [3.05, 3.63) is 30.1 Å². The molecule has 1 atom stereocenters. The van der Waals surface area contributed by atoms with Crippen molar-refractivity contribution in [3.8, 4) is 0 Å². The smallest absolute Gasteiger partial charge is 0.306 e. The summed E-state index contributed by atoms with van der Waals surface area (Å²) >= 11 is 0. The van der Waals surface area contributed by atoms with E-state index in [2.05, 4.69) is 9.72 Å². The highest BCUT2D eigenvalue weighted by Gasteiger charge is 2.11. The van der Waals surface area contributed by atoms with Gasteiger partial charge in [0, 0.05) is 17.8 Å². The van der Waals surface area contributed by atoms with Gasteiger partial charge in [0.2, 0.25) is 0 Å². The Labute approximate surface area is 77.8 Å². The molecule has 0 fully saturated rings. The molecular formula is C10H13NO2. The van der Waals surface area contributed by atoms with Crippen LogP contribution in [0.3, 0.4) is 0 Å². The number of hydrogen-bond donors (Lipinski definition) is 0. The third kappa shape index (κ3) is 2.86. The monoisotopic (exact) mass is 179 g/mol. The van der Waals surface area contributed by atoms with Crippen LogP contribution in [0.5, 0.6) is 0 Å². The van der Waals surface area contributed by atoms with E-state index in [-0.39, 0.29) is 11.9 Å². The summed E-state index contributed by atoms with van der Waals surface area (Å²) in [6.07, 6.45) is 2.11. The van der Waals surface area contributed by atoms with Crippen LogP contribution in [-0.2, 0) is 9.53 Å². The van der Waals surface area contributed by atoms with Gasteiger partial charge in [-0.25, -0.2) is 0 Å². The molecule has 1 rings (SSSR count). The highest BCUT2D eigenvalue weighted by Crippen LogP contribution is 2.15. The van der Waals surface area contributed by atoms with Crippen molar-refractivity contribution in [2.75, 3.05) is 7.11 Å². The number of esters is 1. The van der Waals surface area contributed by atoms with Gasteiger partial charge in [0.15, 0.2) is 0 Å². The van der Waals surface area contributed by atoms with Crippen molar-refractivity contribution in [1.29, 1.82) is 0 Å². The number of pyridine rings is 1. The number of hydrogen-bond acceptors (Lipinski definition) is 3. The van der Waals surface area contributed by atoms with E-state index in [1.807, 2.05) is 25.1 Å². The summed E-state index contributed by atoms with van der Waals surface area (Å²) in [6.45, 7) is 1.96. The highest BCUT2D eigenvalue weighted by atomic mass is 16.5. The Balaban J connectivity index is 2.59. The molecule has 0 aliphatic heterocycles. The number of ether oxygens (including phenoxy) is 1. The zero-order chi connectivity index (χ0) is 9.68. The van der Waals surface area contributed by atoms with Gasteiger partial charge in [0.1, 0.15) is 0 Å². The van der Waals surface area contributed by atoms with Crippen LogP contribution in [0.25, 0.3) is 0 Å². The van der Waals surface area contributed by atoms with Crippen LogP contribution < -0.4 is 0 Å². The molecule has 3 heteroatoms. The first-order valence-corrected chi connectivity index (χ1v) is 4.21. The van der Waals surface area contributed by atoms with Crippen LogP contribution in [0.1, 0.15) is 25.0 Å². The summed E-state index contributed by atoms with van der Waals surface area (Å²) in [5.41, 5.74) is 0.924. The van der Waals surface area contributed by atoms with Gasteiger partial charge in [-0.15, -0.1) is 0 Å². The molecule has 0 aromatic carbocycles. The molecule has 70 valence electrons. The van der Waals surface area contributed by atoms with E-state index in [4.69, 9.17) is 0 Å². The van der Waals surface area contributed by atoms with E-state index in [9.17, 15) is 4.79 Å². The Bertz CT molecular complexity index is 272. The number of carbonyl (C=O) groups excluding carboxylic acids is 1. The third-order valence-corrected chi connectivity index (χ3v) is 1.89. The molecule has 0 spiro atoms. The molecular weight excluding hydrogens is 166 g/mol. The average Bonchev–Trinajstić information content (AvgIpc) is 2.19. The van der Waals surface area contributed by atoms with Gasteiger partial charge in [-0.1, -0.05) is 13.0 Å². The summed E-state index contributed by atoms with van der Waals surface area (Å²) in [4.78, 5) is 15.1. The number of nitrogens with zero attached hydrogens (tertiary/aromatic N) is 1. The standard InChI is InChI=1S/C10H13NO2/c1-8(7-10(12)13-2)9-5-3-4-6-11-9/h3-6,8H,7H2,1-2H3/t8-/m0/s1. The summed E-state index contributed by atoms with van der Waals surface area (Å²) in [5, 5.41) is 0.